The maximum Gasteiger partial charge on any atom is 0.0695 e. The van der Waals surface area contributed by atoms with E-state index in [1.54, 1.807) is 0 Å². The Bertz CT molecular complexity index is 149. The molecule has 2 unspecified atom stereocenters. The van der Waals surface area contributed by atoms with Crippen molar-refractivity contribution in [3.63, 3.8) is 0 Å². The van der Waals surface area contributed by atoms with E-state index in [0.29, 0.717) is 6.04 Å². The van der Waals surface area contributed by atoms with E-state index in [1.807, 2.05) is 0 Å². The van der Waals surface area contributed by atoms with Crippen LogP contribution >= 0.6 is 0 Å². The van der Waals surface area contributed by atoms with E-state index in [1.165, 1.54) is 38.5 Å². The first-order valence-electron chi connectivity index (χ1n) is 6.14. The Labute approximate surface area is 88.3 Å². The number of aliphatic hydroxyl groups excluding tert-OH is 1. The number of nitrogens with zero attached hydrogens (tertiary/aromatic N) is 1. The Morgan fingerprint density at radius 2 is 1.93 bits per heavy atom. The van der Waals surface area contributed by atoms with Crippen LogP contribution in [0.1, 0.15) is 51.9 Å². The van der Waals surface area contributed by atoms with E-state index in [-0.39, 0.29) is 6.10 Å². The summed E-state index contributed by atoms with van der Waals surface area (Å²) in [5.41, 5.74) is 0. The van der Waals surface area contributed by atoms with E-state index in [0.717, 1.165) is 13.0 Å². The molecule has 2 atom stereocenters. The van der Waals surface area contributed by atoms with Crippen molar-refractivity contribution in [1.82, 2.24) is 4.90 Å². The molecule has 84 valence electrons. The number of rotatable bonds is 4. The van der Waals surface area contributed by atoms with Gasteiger partial charge in [-0.15, -0.1) is 0 Å². The molecular formula is C12H25NO. The molecule has 2 heteroatoms. The van der Waals surface area contributed by atoms with Gasteiger partial charge in [-0.2, -0.15) is 0 Å². The normalized spacial score (nSPS) is 29.1. The SMILES string of the molecule is CCCCN(C)C1CCCCCC1O. The number of unbranched alkanes of at least 4 members (excludes halogenated alkanes) is 1. The van der Waals surface area contributed by atoms with Crippen LogP contribution in [0.25, 0.3) is 0 Å². The first-order chi connectivity index (χ1) is 6.75. The van der Waals surface area contributed by atoms with Gasteiger partial charge >= 0.3 is 0 Å². The van der Waals surface area contributed by atoms with Gasteiger partial charge in [-0.05, 0) is 32.9 Å². The molecule has 1 aliphatic carbocycles. The molecule has 0 heterocycles. The van der Waals surface area contributed by atoms with Gasteiger partial charge in [0.1, 0.15) is 0 Å². The quantitative estimate of drug-likeness (QED) is 0.703. The van der Waals surface area contributed by atoms with Crippen LogP contribution < -0.4 is 0 Å². The van der Waals surface area contributed by atoms with Gasteiger partial charge in [-0.3, -0.25) is 0 Å². The molecule has 1 fully saturated rings. The molecule has 1 saturated carbocycles. The van der Waals surface area contributed by atoms with Gasteiger partial charge in [0.15, 0.2) is 0 Å². The lowest BCUT2D eigenvalue weighted by atomic mass is 10.0. The third-order valence-electron chi connectivity index (χ3n) is 3.37. The molecule has 0 aromatic heterocycles. The highest BCUT2D eigenvalue weighted by atomic mass is 16.3. The lowest BCUT2D eigenvalue weighted by Gasteiger charge is -2.30. The van der Waals surface area contributed by atoms with E-state index < -0.39 is 0 Å². The van der Waals surface area contributed by atoms with Crippen molar-refractivity contribution in [3.05, 3.63) is 0 Å². The first-order valence-corrected chi connectivity index (χ1v) is 6.14. The summed E-state index contributed by atoms with van der Waals surface area (Å²) in [5, 5.41) is 9.98. The third kappa shape index (κ3) is 3.58. The molecule has 14 heavy (non-hydrogen) atoms. The molecule has 0 saturated heterocycles. The van der Waals surface area contributed by atoms with E-state index >= 15 is 0 Å². The Kier molecular flexibility index (Phi) is 5.49. The summed E-state index contributed by atoms with van der Waals surface area (Å²) in [6, 6.07) is 0.420. The molecule has 0 aromatic carbocycles. The fourth-order valence-electron chi connectivity index (χ4n) is 2.36. The maximum atomic E-state index is 9.98. The lowest BCUT2D eigenvalue weighted by Crippen LogP contribution is -2.41. The second-order valence-corrected chi connectivity index (χ2v) is 4.61. The Morgan fingerprint density at radius 3 is 2.64 bits per heavy atom. The van der Waals surface area contributed by atoms with Crippen molar-refractivity contribution in [2.45, 2.75) is 64.0 Å². The van der Waals surface area contributed by atoms with Crippen LogP contribution in [-0.2, 0) is 0 Å². The fraction of sp³-hybridized carbons (Fsp3) is 1.00. The highest BCUT2D eigenvalue weighted by Crippen LogP contribution is 2.21. The number of hydrogen-bond acceptors (Lipinski definition) is 2. The Morgan fingerprint density at radius 1 is 1.21 bits per heavy atom. The van der Waals surface area contributed by atoms with Crippen LogP contribution in [-0.4, -0.2) is 35.7 Å². The summed E-state index contributed by atoms with van der Waals surface area (Å²) < 4.78 is 0. The molecule has 2 nitrogen and oxygen atoms in total. The molecule has 0 bridgehead atoms. The minimum Gasteiger partial charge on any atom is -0.391 e. The minimum atomic E-state index is -0.0839. The summed E-state index contributed by atoms with van der Waals surface area (Å²) in [5.74, 6) is 0. The van der Waals surface area contributed by atoms with Crippen molar-refractivity contribution in [2.24, 2.45) is 0 Å². The van der Waals surface area contributed by atoms with Gasteiger partial charge in [0, 0.05) is 6.04 Å². The van der Waals surface area contributed by atoms with E-state index in [2.05, 4.69) is 18.9 Å². The molecule has 1 aliphatic rings. The molecule has 0 spiro atoms. The predicted octanol–water partition coefficient (Wildman–Crippen LogP) is 2.41. The largest absolute Gasteiger partial charge is 0.391 e. The lowest BCUT2D eigenvalue weighted by molar-refractivity contribution is 0.0574. The van der Waals surface area contributed by atoms with Gasteiger partial charge < -0.3 is 10.0 Å². The van der Waals surface area contributed by atoms with E-state index in [4.69, 9.17) is 0 Å². The van der Waals surface area contributed by atoms with Crippen molar-refractivity contribution in [2.75, 3.05) is 13.6 Å². The fourth-order valence-corrected chi connectivity index (χ4v) is 2.36. The molecule has 1 N–H and O–H groups in total. The zero-order valence-electron chi connectivity index (χ0n) is 9.71. The average Bonchev–Trinajstić information content (AvgIpc) is 2.39. The average molecular weight is 199 g/mol. The highest BCUT2D eigenvalue weighted by Gasteiger charge is 2.24. The Balaban J connectivity index is 2.37. The van der Waals surface area contributed by atoms with Crippen molar-refractivity contribution in [3.8, 4) is 0 Å². The maximum absolute atomic E-state index is 9.98. The van der Waals surface area contributed by atoms with Crippen LogP contribution in [0, 0.1) is 0 Å². The topological polar surface area (TPSA) is 23.5 Å². The second-order valence-electron chi connectivity index (χ2n) is 4.61. The Hall–Kier alpha value is -0.0800. The van der Waals surface area contributed by atoms with Crippen molar-refractivity contribution < 1.29 is 5.11 Å². The molecule has 0 aliphatic heterocycles. The van der Waals surface area contributed by atoms with Crippen LogP contribution in [0.2, 0.25) is 0 Å². The van der Waals surface area contributed by atoms with Gasteiger partial charge in [-0.1, -0.05) is 32.6 Å². The smallest absolute Gasteiger partial charge is 0.0695 e. The van der Waals surface area contributed by atoms with Crippen LogP contribution in [0.4, 0.5) is 0 Å². The summed E-state index contributed by atoms with van der Waals surface area (Å²) >= 11 is 0. The van der Waals surface area contributed by atoms with Crippen molar-refractivity contribution >= 4 is 0 Å². The second kappa shape index (κ2) is 6.41. The number of likely N-dealkylation sites (N-methyl/N-ethyl adjacent to an activating group) is 1. The van der Waals surface area contributed by atoms with Crippen LogP contribution in [0.5, 0.6) is 0 Å². The highest BCUT2D eigenvalue weighted by molar-refractivity contribution is 4.79. The van der Waals surface area contributed by atoms with Gasteiger partial charge in [0.2, 0.25) is 0 Å². The van der Waals surface area contributed by atoms with Crippen molar-refractivity contribution in [1.29, 1.82) is 0 Å². The molecule has 0 amide bonds. The molecule has 0 aromatic rings. The molecule has 0 radical (unpaired) electrons. The first kappa shape index (κ1) is 12.0. The number of aliphatic hydroxyl groups is 1. The van der Waals surface area contributed by atoms with Gasteiger partial charge in [-0.25, -0.2) is 0 Å². The zero-order valence-corrected chi connectivity index (χ0v) is 9.71. The minimum absolute atomic E-state index is 0.0839. The predicted molar refractivity (Wildman–Crippen MR) is 60.4 cm³/mol. The standard InChI is InChI=1S/C12H25NO/c1-3-4-10-13(2)11-8-6-5-7-9-12(11)14/h11-12,14H,3-10H2,1-2H3. The summed E-state index contributed by atoms with van der Waals surface area (Å²) in [4.78, 5) is 2.36. The van der Waals surface area contributed by atoms with Crippen LogP contribution in [0.3, 0.4) is 0 Å². The summed E-state index contributed by atoms with van der Waals surface area (Å²) in [6.45, 7) is 3.36. The molecule has 1 rings (SSSR count). The monoisotopic (exact) mass is 199 g/mol. The summed E-state index contributed by atoms with van der Waals surface area (Å²) in [7, 11) is 2.16. The van der Waals surface area contributed by atoms with Gasteiger partial charge in [0.25, 0.3) is 0 Å². The molecular weight excluding hydrogens is 174 g/mol. The van der Waals surface area contributed by atoms with Crippen LogP contribution in [0.15, 0.2) is 0 Å². The number of hydrogen-bond donors (Lipinski definition) is 1. The third-order valence-corrected chi connectivity index (χ3v) is 3.37. The van der Waals surface area contributed by atoms with Gasteiger partial charge in [0.05, 0.1) is 6.10 Å². The zero-order chi connectivity index (χ0) is 10.4. The van der Waals surface area contributed by atoms with E-state index in [9.17, 15) is 5.11 Å². The summed E-state index contributed by atoms with van der Waals surface area (Å²) in [6.07, 6.45) is 8.39.